The molecular formula is C18H25NO6S. The molecule has 1 atom stereocenters. The van der Waals surface area contributed by atoms with E-state index in [9.17, 15) is 19.2 Å². The van der Waals surface area contributed by atoms with Crippen molar-refractivity contribution in [1.29, 1.82) is 0 Å². The molecule has 1 aliphatic heterocycles. The van der Waals surface area contributed by atoms with Crippen LogP contribution >= 0.6 is 0 Å². The zero-order valence-corrected chi connectivity index (χ0v) is 16.3. The number of carboxylic acid groups (broad SMARTS) is 1. The van der Waals surface area contributed by atoms with Crippen molar-refractivity contribution in [2.75, 3.05) is 19.3 Å². The Morgan fingerprint density at radius 2 is 1.88 bits per heavy atom. The van der Waals surface area contributed by atoms with E-state index in [1.54, 1.807) is 4.90 Å². The predicted octanol–water partition coefficient (Wildman–Crippen LogP) is 2.90. The molecule has 0 spiro atoms. The zero-order chi connectivity index (χ0) is 19.5. The van der Waals surface area contributed by atoms with Crippen molar-refractivity contribution >= 4 is 23.2 Å². The Kier molecular flexibility index (Phi) is 6.41. The molecule has 1 aromatic rings. The van der Waals surface area contributed by atoms with Crippen LogP contribution in [0, 0.1) is 0 Å². The van der Waals surface area contributed by atoms with E-state index in [-0.39, 0.29) is 23.5 Å². The van der Waals surface area contributed by atoms with E-state index in [4.69, 9.17) is 9.47 Å². The van der Waals surface area contributed by atoms with Gasteiger partial charge in [0.15, 0.2) is 4.90 Å². The van der Waals surface area contributed by atoms with E-state index in [2.05, 4.69) is 0 Å². The normalized spacial score (nSPS) is 16.9. The van der Waals surface area contributed by atoms with Gasteiger partial charge in [0.05, 0.1) is 0 Å². The van der Waals surface area contributed by atoms with Crippen LogP contribution in [0.4, 0.5) is 4.79 Å². The lowest BCUT2D eigenvalue weighted by atomic mass is 10.1. The van der Waals surface area contributed by atoms with Gasteiger partial charge in [0.1, 0.15) is 29.3 Å². The highest BCUT2D eigenvalue weighted by Gasteiger charge is 2.28. The number of hydrogen-bond donors (Lipinski definition) is 1. The minimum atomic E-state index is -1.23. The van der Waals surface area contributed by atoms with Crippen LogP contribution in [0.2, 0.25) is 0 Å². The first-order chi connectivity index (χ1) is 12.1. The largest absolute Gasteiger partial charge is 0.612 e. The SMILES string of the molecule is C[S+]([O-])c1ccc(C(=O)O)c(OC2CCN(C(=O)OC(C)(C)C)CC2)c1. The molecule has 2 rings (SSSR count). The number of rotatable bonds is 4. The van der Waals surface area contributed by atoms with Crippen molar-refractivity contribution in [3.8, 4) is 5.75 Å². The summed E-state index contributed by atoms with van der Waals surface area (Å²) in [6.07, 6.45) is 2.09. The van der Waals surface area contributed by atoms with Gasteiger partial charge < -0.3 is 24.0 Å². The molecule has 1 saturated heterocycles. The third kappa shape index (κ3) is 5.54. The van der Waals surface area contributed by atoms with Gasteiger partial charge in [0.25, 0.3) is 0 Å². The number of amides is 1. The fourth-order valence-electron chi connectivity index (χ4n) is 2.62. The highest BCUT2D eigenvalue weighted by Crippen LogP contribution is 2.27. The third-order valence-corrected chi connectivity index (χ3v) is 4.82. The number of carbonyl (C=O) groups excluding carboxylic acids is 1. The minimum Gasteiger partial charge on any atom is -0.612 e. The summed E-state index contributed by atoms with van der Waals surface area (Å²) in [7, 11) is 0. The molecule has 1 aromatic carbocycles. The second-order valence-electron chi connectivity index (χ2n) is 7.20. The molecular weight excluding hydrogens is 358 g/mol. The molecule has 0 saturated carbocycles. The predicted molar refractivity (Wildman–Crippen MR) is 97.2 cm³/mol. The highest BCUT2D eigenvalue weighted by molar-refractivity contribution is 7.90. The van der Waals surface area contributed by atoms with E-state index in [1.165, 1.54) is 24.5 Å². The summed E-state index contributed by atoms with van der Waals surface area (Å²) < 4.78 is 22.9. The van der Waals surface area contributed by atoms with Crippen LogP contribution in [0.5, 0.6) is 5.75 Å². The van der Waals surface area contributed by atoms with Crippen molar-refractivity contribution < 1.29 is 28.7 Å². The number of likely N-dealkylation sites (tertiary alicyclic amines) is 1. The molecule has 1 aliphatic rings. The smallest absolute Gasteiger partial charge is 0.410 e. The number of nitrogens with zero attached hydrogens (tertiary/aromatic N) is 1. The number of ether oxygens (including phenoxy) is 2. The van der Waals surface area contributed by atoms with Gasteiger partial charge in [-0.15, -0.1) is 0 Å². The summed E-state index contributed by atoms with van der Waals surface area (Å²) in [5.41, 5.74) is -0.509. The highest BCUT2D eigenvalue weighted by atomic mass is 32.2. The Labute approximate surface area is 156 Å². The van der Waals surface area contributed by atoms with Crippen molar-refractivity contribution in [3.63, 3.8) is 0 Å². The van der Waals surface area contributed by atoms with Gasteiger partial charge in [0.2, 0.25) is 0 Å². The van der Waals surface area contributed by atoms with Gasteiger partial charge in [-0.2, -0.15) is 0 Å². The molecule has 1 unspecified atom stereocenters. The Bertz CT molecular complexity index is 662. The molecule has 1 amide bonds. The quantitative estimate of drug-likeness (QED) is 0.803. The minimum absolute atomic E-state index is 0.0359. The van der Waals surface area contributed by atoms with E-state index >= 15 is 0 Å². The maximum absolute atomic E-state index is 12.1. The second kappa shape index (κ2) is 8.18. The summed E-state index contributed by atoms with van der Waals surface area (Å²) in [6, 6.07) is 4.45. The number of carboxylic acids is 1. The van der Waals surface area contributed by atoms with Crippen LogP contribution in [0.3, 0.4) is 0 Å². The lowest BCUT2D eigenvalue weighted by molar-refractivity contribution is 0.0126. The average Bonchev–Trinajstić information content (AvgIpc) is 2.53. The molecule has 26 heavy (non-hydrogen) atoms. The van der Waals surface area contributed by atoms with Crippen LogP contribution in [0.1, 0.15) is 44.0 Å². The summed E-state index contributed by atoms with van der Waals surface area (Å²) in [4.78, 5) is 25.6. The summed E-state index contributed by atoms with van der Waals surface area (Å²) in [5, 5.41) is 9.32. The van der Waals surface area contributed by atoms with Crippen LogP contribution in [-0.2, 0) is 15.9 Å². The third-order valence-electron chi connectivity index (χ3n) is 3.90. The van der Waals surface area contributed by atoms with Crippen molar-refractivity contribution in [2.24, 2.45) is 0 Å². The second-order valence-corrected chi connectivity index (χ2v) is 8.58. The van der Waals surface area contributed by atoms with E-state index in [0.717, 1.165) is 0 Å². The topological polar surface area (TPSA) is 99.1 Å². The standard InChI is InChI=1S/C18H25NO6S/c1-18(2,3)25-17(22)19-9-7-12(8-10-19)24-15-11-13(26(4)23)5-6-14(15)16(20)21/h5-6,11-12H,7-10H2,1-4H3,(H,20,21). The molecule has 144 valence electrons. The molecule has 0 bridgehead atoms. The molecule has 0 radical (unpaired) electrons. The molecule has 8 heteroatoms. The number of benzene rings is 1. The molecule has 1 heterocycles. The van der Waals surface area contributed by atoms with Crippen molar-refractivity contribution in [3.05, 3.63) is 23.8 Å². The number of carbonyl (C=O) groups is 2. The van der Waals surface area contributed by atoms with Gasteiger partial charge in [-0.1, -0.05) is 0 Å². The lowest BCUT2D eigenvalue weighted by Gasteiger charge is -2.33. The zero-order valence-electron chi connectivity index (χ0n) is 15.5. The van der Waals surface area contributed by atoms with E-state index in [0.29, 0.717) is 30.8 Å². The number of piperidine rings is 1. The Hall–Kier alpha value is -1.93. The van der Waals surface area contributed by atoms with Crippen LogP contribution in [-0.4, -0.2) is 57.7 Å². The Balaban J connectivity index is 2.02. The van der Waals surface area contributed by atoms with Crippen LogP contribution < -0.4 is 4.74 Å². The molecule has 1 fully saturated rings. The first-order valence-corrected chi connectivity index (χ1v) is 9.98. The average molecular weight is 383 g/mol. The van der Waals surface area contributed by atoms with Crippen LogP contribution in [0.25, 0.3) is 0 Å². The van der Waals surface area contributed by atoms with Gasteiger partial charge in [-0.05, 0) is 44.1 Å². The van der Waals surface area contributed by atoms with Crippen molar-refractivity contribution in [2.45, 2.75) is 50.2 Å². The molecule has 0 aromatic heterocycles. The Morgan fingerprint density at radius 1 is 1.27 bits per heavy atom. The molecule has 1 N–H and O–H groups in total. The monoisotopic (exact) mass is 383 g/mol. The number of hydrogen-bond acceptors (Lipinski definition) is 5. The molecule has 7 nitrogen and oxygen atoms in total. The van der Waals surface area contributed by atoms with Crippen LogP contribution in [0.15, 0.2) is 23.1 Å². The summed E-state index contributed by atoms with van der Waals surface area (Å²) in [5.74, 6) is -0.888. The summed E-state index contributed by atoms with van der Waals surface area (Å²) >= 11 is -1.23. The lowest BCUT2D eigenvalue weighted by Crippen LogP contribution is -2.44. The van der Waals surface area contributed by atoms with Gasteiger partial charge in [-0.25, -0.2) is 9.59 Å². The van der Waals surface area contributed by atoms with Gasteiger partial charge in [0, 0.05) is 32.0 Å². The van der Waals surface area contributed by atoms with Gasteiger partial charge >= 0.3 is 12.1 Å². The van der Waals surface area contributed by atoms with Gasteiger partial charge in [-0.3, -0.25) is 0 Å². The van der Waals surface area contributed by atoms with E-state index in [1.807, 2.05) is 20.8 Å². The fraction of sp³-hybridized carbons (Fsp3) is 0.556. The first-order valence-electron chi connectivity index (χ1n) is 8.42. The maximum Gasteiger partial charge on any atom is 0.410 e. The van der Waals surface area contributed by atoms with E-state index < -0.39 is 22.7 Å². The first kappa shape index (κ1) is 20.4. The fourth-order valence-corrected chi connectivity index (χ4v) is 3.15. The molecule has 0 aliphatic carbocycles. The number of aromatic carboxylic acids is 1. The Morgan fingerprint density at radius 3 is 2.38 bits per heavy atom. The maximum atomic E-state index is 12.1. The summed E-state index contributed by atoms with van der Waals surface area (Å²) in [6.45, 7) is 6.40. The van der Waals surface area contributed by atoms with Crippen molar-refractivity contribution in [1.82, 2.24) is 4.90 Å².